The number of nitrogens with one attached hydrogen (secondary N) is 1. The van der Waals surface area contributed by atoms with Crippen LogP contribution in [0.3, 0.4) is 0 Å². The lowest BCUT2D eigenvalue weighted by Gasteiger charge is -2.25. The molecule has 0 radical (unpaired) electrons. The van der Waals surface area contributed by atoms with E-state index in [9.17, 15) is 4.39 Å². The Morgan fingerprint density at radius 3 is 2.71 bits per heavy atom. The van der Waals surface area contributed by atoms with Crippen molar-refractivity contribution in [2.24, 2.45) is 5.92 Å². The third-order valence-corrected chi connectivity index (χ3v) is 3.92. The van der Waals surface area contributed by atoms with E-state index in [1.165, 1.54) is 37.8 Å². The summed E-state index contributed by atoms with van der Waals surface area (Å²) in [6, 6.07) is 5.01. The molecule has 0 amide bonds. The summed E-state index contributed by atoms with van der Waals surface area (Å²) in [5.41, 5.74) is 1.04. The van der Waals surface area contributed by atoms with Crippen LogP contribution in [0, 0.1) is 11.7 Å². The molecular weight excluding hydrogens is 237 g/mol. The van der Waals surface area contributed by atoms with Crippen molar-refractivity contribution < 1.29 is 4.39 Å². The molecule has 1 aromatic rings. The Labute approximate surface area is 107 Å². The quantitative estimate of drug-likeness (QED) is 0.845. The third-order valence-electron chi connectivity index (χ3n) is 3.59. The number of halogens is 2. The molecule has 94 valence electrons. The molecule has 1 N–H and O–H groups in total. The molecule has 0 bridgehead atoms. The second kappa shape index (κ2) is 5.83. The van der Waals surface area contributed by atoms with E-state index in [0.717, 1.165) is 12.1 Å². The lowest BCUT2D eigenvalue weighted by molar-refractivity contribution is 0.374. The van der Waals surface area contributed by atoms with Crippen LogP contribution in [0.5, 0.6) is 0 Å². The average molecular weight is 256 g/mol. The lowest BCUT2D eigenvalue weighted by atomic mass is 9.91. The number of hydrogen-bond acceptors (Lipinski definition) is 1. The van der Waals surface area contributed by atoms with Gasteiger partial charge in [-0.3, -0.25) is 0 Å². The van der Waals surface area contributed by atoms with Gasteiger partial charge in [-0.25, -0.2) is 4.39 Å². The van der Waals surface area contributed by atoms with Gasteiger partial charge in [0.05, 0.1) is 0 Å². The highest BCUT2D eigenvalue weighted by atomic mass is 35.5. The van der Waals surface area contributed by atoms with Gasteiger partial charge < -0.3 is 5.32 Å². The van der Waals surface area contributed by atoms with Crippen molar-refractivity contribution in [1.82, 2.24) is 5.32 Å². The molecule has 0 saturated heterocycles. The summed E-state index contributed by atoms with van der Waals surface area (Å²) in [6.07, 6.45) is 5.08. The van der Waals surface area contributed by atoms with Crippen molar-refractivity contribution in [3.05, 3.63) is 34.6 Å². The van der Waals surface area contributed by atoms with Gasteiger partial charge in [0.1, 0.15) is 5.82 Å². The van der Waals surface area contributed by atoms with Gasteiger partial charge in [0.25, 0.3) is 0 Å². The number of benzene rings is 1. The van der Waals surface area contributed by atoms with Crippen molar-refractivity contribution in [2.45, 2.75) is 38.6 Å². The molecule has 1 aromatic carbocycles. The molecule has 0 aliphatic heterocycles. The van der Waals surface area contributed by atoms with Crippen LogP contribution in [0.1, 0.15) is 44.2 Å². The summed E-state index contributed by atoms with van der Waals surface area (Å²) in [6.45, 7) is 3.01. The largest absolute Gasteiger partial charge is 0.310 e. The van der Waals surface area contributed by atoms with Gasteiger partial charge in [-0.1, -0.05) is 37.4 Å². The SMILES string of the molecule is CCNC(c1ccc(F)cc1Cl)C1CCCC1. The van der Waals surface area contributed by atoms with Crippen LogP contribution in [-0.4, -0.2) is 6.54 Å². The van der Waals surface area contributed by atoms with Crippen molar-refractivity contribution in [2.75, 3.05) is 6.54 Å². The first-order chi connectivity index (χ1) is 8.22. The highest BCUT2D eigenvalue weighted by Gasteiger charge is 2.27. The molecule has 2 rings (SSSR count). The first kappa shape index (κ1) is 12.8. The zero-order valence-electron chi connectivity index (χ0n) is 10.2. The van der Waals surface area contributed by atoms with Gasteiger partial charge in [-0.15, -0.1) is 0 Å². The first-order valence-electron chi connectivity index (χ1n) is 6.40. The Kier molecular flexibility index (Phi) is 4.41. The summed E-state index contributed by atoms with van der Waals surface area (Å²) in [5.74, 6) is 0.373. The maximum atomic E-state index is 13.1. The predicted octanol–water partition coefficient (Wildman–Crippen LogP) is 4.32. The molecule has 1 atom stereocenters. The molecule has 1 nitrogen and oxygen atoms in total. The second-order valence-corrected chi connectivity index (χ2v) is 5.15. The summed E-state index contributed by atoms with van der Waals surface area (Å²) in [7, 11) is 0. The van der Waals surface area contributed by atoms with E-state index in [2.05, 4.69) is 12.2 Å². The van der Waals surface area contributed by atoms with Gasteiger partial charge in [-0.2, -0.15) is 0 Å². The minimum absolute atomic E-state index is 0.263. The third kappa shape index (κ3) is 2.99. The maximum Gasteiger partial charge on any atom is 0.124 e. The summed E-state index contributed by atoms with van der Waals surface area (Å²) < 4.78 is 13.1. The Morgan fingerprint density at radius 2 is 2.12 bits per heavy atom. The topological polar surface area (TPSA) is 12.0 Å². The van der Waals surface area contributed by atoms with Crippen LogP contribution in [0.4, 0.5) is 4.39 Å². The van der Waals surface area contributed by atoms with E-state index in [-0.39, 0.29) is 11.9 Å². The fourth-order valence-corrected chi connectivity index (χ4v) is 3.08. The zero-order valence-corrected chi connectivity index (χ0v) is 10.9. The summed E-state index contributed by atoms with van der Waals surface area (Å²) in [5, 5.41) is 4.04. The summed E-state index contributed by atoms with van der Waals surface area (Å²) in [4.78, 5) is 0. The smallest absolute Gasteiger partial charge is 0.124 e. The molecule has 0 heterocycles. The highest BCUT2D eigenvalue weighted by molar-refractivity contribution is 6.31. The highest BCUT2D eigenvalue weighted by Crippen LogP contribution is 2.38. The van der Waals surface area contributed by atoms with Crippen LogP contribution in [0.2, 0.25) is 5.02 Å². The van der Waals surface area contributed by atoms with Gasteiger partial charge in [-0.05, 0) is 43.0 Å². The molecular formula is C14H19ClFN. The van der Waals surface area contributed by atoms with E-state index in [4.69, 9.17) is 11.6 Å². The molecule has 1 saturated carbocycles. The van der Waals surface area contributed by atoms with E-state index in [0.29, 0.717) is 10.9 Å². The van der Waals surface area contributed by atoms with Crippen molar-refractivity contribution in [3.63, 3.8) is 0 Å². The van der Waals surface area contributed by atoms with Crippen LogP contribution < -0.4 is 5.32 Å². The Hall–Kier alpha value is -0.600. The molecule has 1 aliphatic carbocycles. The van der Waals surface area contributed by atoms with E-state index < -0.39 is 0 Å². The zero-order chi connectivity index (χ0) is 12.3. The molecule has 0 spiro atoms. The standard InChI is InChI=1S/C14H19ClFN/c1-2-17-14(10-5-3-4-6-10)12-8-7-11(16)9-13(12)15/h7-10,14,17H,2-6H2,1H3. The van der Waals surface area contributed by atoms with Crippen LogP contribution in [0.25, 0.3) is 0 Å². The van der Waals surface area contributed by atoms with Gasteiger partial charge in [0.15, 0.2) is 0 Å². The van der Waals surface area contributed by atoms with Crippen molar-refractivity contribution >= 4 is 11.6 Å². The minimum atomic E-state index is -0.263. The van der Waals surface area contributed by atoms with Gasteiger partial charge in [0, 0.05) is 11.1 Å². The second-order valence-electron chi connectivity index (χ2n) is 4.75. The van der Waals surface area contributed by atoms with E-state index in [1.807, 2.05) is 6.07 Å². The first-order valence-corrected chi connectivity index (χ1v) is 6.78. The van der Waals surface area contributed by atoms with Crippen LogP contribution >= 0.6 is 11.6 Å². The van der Waals surface area contributed by atoms with E-state index >= 15 is 0 Å². The molecule has 0 aromatic heterocycles. The van der Waals surface area contributed by atoms with Crippen LogP contribution in [0.15, 0.2) is 18.2 Å². The minimum Gasteiger partial charge on any atom is -0.310 e. The molecule has 1 aliphatic rings. The predicted molar refractivity (Wildman–Crippen MR) is 69.8 cm³/mol. The fraction of sp³-hybridized carbons (Fsp3) is 0.571. The van der Waals surface area contributed by atoms with E-state index in [1.54, 1.807) is 0 Å². The van der Waals surface area contributed by atoms with Crippen molar-refractivity contribution in [1.29, 1.82) is 0 Å². The molecule has 17 heavy (non-hydrogen) atoms. The maximum absolute atomic E-state index is 13.1. The number of rotatable bonds is 4. The van der Waals surface area contributed by atoms with Crippen LogP contribution in [-0.2, 0) is 0 Å². The fourth-order valence-electron chi connectivity index (χ4n) is 2.79. The lowest BCUT2D eigenvalue weighted by Crippen LogP contribution is -2.27. The molecule has 1 fully saturated rings. The van der Waals surface area contributed by atoms with Crippen molar-refractivity contribution in [3.8, 4) is 0 Å². The molecule has 3 heteroatoms. The average Bonchev–Trinajstić information content (AvgIpc) is 2.80. The van der Waals surface area contributed by atoms with Gasteiger partial charge >= 0.3 is 0 Å². The Bertz CT molecular complexity index is 374. The monoisotopic (exact) mass is 255 g/mol. The number of hydrogen-bond donors (Lipinski definition) is 1. The molecule has 1 unspecified atom stereocenters. The Balaban J connectivity index is 2.24. The van der Waals surface area contributed by atoms with Gasteiger partial charge in [0.2, 0.25) is 0 Å². The normalized spacial score (nSPS) is 18.5. The summed E-state index contributed by atoms with van der Waals surface area (Å²) >= 11 is 6.16. The Morgan fingerprint density at radius 1 is 1.41 bits per heavy atom.